The summed E-state index contributed by atoms with van der Waals surface area (Å²) in [5.41, 5.74) is 0.879. The highest BCUT2D eigenvalue weighted by molar-refractivity contribution is 7.91. The number of nitrogens with zero attached hydrogens (tertiary/aromatic N) is 1. The summed E-state index contributed by atoms with van der Waals surface area (Å²) in [5.74, 6) is 0. The van der Waals surface area contributed by atoms with Crippen LogP contribution in [0.5, 0.6) is 0 Å². The minimum absolute atomic E-state index is 0.0240. The Morgan fingerprint density at radius 2 is 1.24 bits per heavy atom. The highest BCUT2D eigenvalue weighted by Gasteiger charge is 2.82. The van der Waals surface area contributed by atoms with Gasteiger partial charge in [-0.25, -0.2) is 8.42 Å². The third-order valence-electron chi connectivity index (χ3n) is 4.33. The molecule has 2 rings (SSSR count). The van der Waals surface area contributed by atoms with Crippen molar-refractivity contribution in [3.05, 3.63) is 29.8 Å². The molecule has 0 aliphatic carbocycles. The number of hydrogen-bond acceptors (Lipinski definition) is 8. The smallest absolute Gasteiger partial charge is 0.307 e. The van der Waals surface area contributed by atoms with Gasteiger partial charge in [-0.05, 0) is 46.8 Å². The number of aryl methyl sites for hydroxylation is 1. The van der Waals surface area contributed by atoms with Crippen molar-refractivity contribution in [3.63, 3.8) is 0 Å². The maximum absolute atomic E-state index is 13.8. The molecule has 29 heavy (non-hydrogen) atoms. The van der Waals surface area contributed by atoms with Crippen molar-refractivity contribution in [3.8, 4) is 0 Å². The minimum Gasteiger partial charge on any atom is -0.307 e. The fourth-order valence-electron chi connectivity index (χ4n) is 3.04. The molecule has 1 aliphatic heterocycles. The Morgan fingerprint density at radius 3 is 1.59 bits per heavy atom. The van der Waals surface area contributed by atoms with Crippen molar-refractivity contribution >= 4 is 25.2 Å². The molecule has 0 radical (unpaired) electrons. The second-order valence-electron chi connectivity index (χ2n) is 6.27. The lowest BCUT2D eigenvalue weighted by atomic mass is 10.2. The van der Waals surface area contributed by atoms with Crippen LogP contribution in [-0.2, 0) is 37.2 Å². The maximum Gasteiger partial charge on any atom is 0.365 e. The van der Waals surface area contributed by atoms with E-state index in [1.165, 1.54) is 12.1 Å². The van der Waals surface area contributed by atoms with Crippen LogP contribution >= 0.6 is 15.2 Å². The van der Waals surface area contributed by atoms with E-state index in [1.807, 2.05) is 6.92 Å². The van der Waals surface area contributed by atoms with Gasteiger partial charge in [-0.15, -0.1) is 0 Å². The molecule has 1 saturated heterocycles. The monoisotopic (exact) mass is 469 g/mol. The minimum atomic E-state index is -4.24. The summed E-state index contributed by atoms with van der Waals surface area (Å²) in [6.45, 7) is 7.70. The lowest BCUT2D eigenvalue weighted by Crippen LogP contribution is -2.28. The molecule has 1 unspecified atom stereocenters. The SMILES string of the molecule is CCOP(=O)(OCC)C1(P(=O)(OCC)OCC)CN1S(=O)(=O)c1ccc(C)cc1. The van der Waals surface area contributed by atoms with Gasteiger partial charge in [0.1, 0.15) is 0 Å². The predicted octanol–water partition coefficient (Wildman–Crippen LogP) is 4.19. The van der Waals surface area contributed by atoms with Gasteiger partial charge in [0.25, 0.3) is 5.02 Å². The molecule has 0 N–H and O–H groups in total. The second kappa shape index (κ2) is 9.28. The zero-order valence-electron chi connectivity index (χ0n) is 17.4. The van der Waals surface area contributed by atoms with Crippen molar-refractivity contribution < 1.29 is 35.6 Å². The van der Waals surface area contributed by atoms with E-state index in [0.29, 0.717) is 0 Å². The van der Waals surface area contributed by atoms with E-state index in [4.69, 9.17) is 18.1 Å². The van der Waals surface area contributed by atoms with Gasteiger partial charge in [0.2, 0.25) is 10.0 Å². The molecule has 166 valence electrons. The fourth-order valence-corrected chi connectivity index (χ4v) is 11.4. The molecule has 1 aromatic rings. The molecule has 0 spiro atoms. The van der Waals surface area contributed by atoms with Gasteiger partial charge in [-0.3, -0.25) is 9.13 Å². The zero-order valence-corrected chi connectivity index (χ0v) is 20.0. The van der Waals surface area contributed by atoms with Crippen LogP contribution in [0.25, 0.3) is 0 Å². The van der Waals surface area contributed by atoms with Crippen molar-refractivity contribution in [2.45, 2.75) is 44.5 Å². The molecule has 0 saturated carbocycles. The van der Waals surface area contributed by atoms with E-state index in [1.54, 1.807) is 39.8 Å². The standard InChI is InChI=1S/C17H29NO8P2S/c1-6-23-27(19,24-7-2)17(28(20,25-8-3)26-9-4)14-18(17)29(21,22)16-12-10-15(5)11-13-16/h10-13H,6-9,14H2,1-5H3. The van der Waals surface area contributed by atoms with E-state index in [0.717, 1.165) is 9.87 Å². The first kappa shape index (κ1) is 24.7. The first-order chi connectivity index (χ1) is 13.6. The van der Waals surface area contributed by atoms with E-state index in [9.17, 15) is 17.5 Å². The normalized spacial score (nSPS) is 19.3. The summed E-state index contributed by atoms with van der Waals surface area (Å²) < 4.78 is 76.6. The number of hydrogen-bond donors (Lipinski definition) is 0. The van der Waals surface area contributed by atoms with Gasteiger partial charge >= 0.3 is 15.2 Å². The summed E-state index contributed by atoms with van der Waals surface area (Å²) in [4.78, 5) is -0.0240. The van der Waals surface area contributed by atoms with Gasteiger partial charge in [-0.2, -0.15) is 4.31 Å². The number of sulfonamides is 1. The first-order valence-corrected chi connectivity index (χ1v) is 14.0. The Labute approximate surface area is 172 Å². The van der Waals surface area contributed by atoms with E-state index < -0.39 is 30.2 Å². The zero-order chi connectivity index (χ0) is 21.9. The van der Waals surface area contributed by atoms with Gasteiger partial charge in [0.05, 0.1) is 37.9 Å². The predicted molar refractivity (Wildman–Crippen MR) is 110 cm³/mol. The Balaban J connectivity index is 2.66. The van der Waals surface area contributed by atoms with Gasteiger partial charge in [0.15, 0.2) is 0 Å². The molecule has 1 atom stereocenters. The number of benzene rings is 1. The molecule has 1 heterocycles. The lowest BCUT2D eigenvalue weighted by molar-refractivity contribution is 0.187. The van der Waals surface area contributed by atoms with Crippen molar-refractivity contribution in [2.24, 2.45) is 0 Å². The van der Waals surface area contributed by atoms with Crippen molar-refractivity contribution in [1.82, 2.24) is 4.31 Å². The molecular weight excluding hydrogens is 440 g/mol. The van der Waals surface area contributed by atoms with Crippen LogP contribution in [0.3, 0.4) is 0 Å². The summed E-state index contributed by atoms with van der Waals surface area (Å²) in [5, 5.41) is -2.07. The van der Waals surface area contributed by atoms with Gasteiger partial charge < -0.3 is 18.1 Å². The molecule has 1 fully saturated rings. The molecule has 0 bridgehead atoms. The topological polar surface area (TPSA) is 108 Å². The van der Waals surface area contributed by atoms with Crippen LogP contribution in [-0.4, -0.2) is 50.7 Å². The van der Waals surface area contributed by atoms with Gasteiger partial charge in [-0.1, -0.05) is 17.7 Å². The molecule has 9 nitrogen and oxygen atoms in total. The molecule has 12 heteroatoms. The maximum atomic E-state index is 13.8. The second-order valence-corrected chi connectivity index (χ2v) is 13.0. The Hall–Kier alpha value is -0.570. The lowest BCUT2D eigenvalue weighted by Gasteiger charge is -2.31. The average molecular weight is 469 g/mol. The number of rotatable bonds is 12. The Morgan fingerprint density at radius 1 is 0.862 bits per heavy atom. The highest BCUT2D eigenvalue weighted by atomic mass is 32.2. The van der Waals surface area contributed by atoms with Crippen LogP contribution in [0.1, 0.15) is 33.3 Å². The van der Waals surface area contributed by atoms with E-state index in [-0.39, 0.29) is 37.9 Å². The van der Waals surface area contributed by atoms with Crippen LogP contribution in [0.4, 0.5) is 0 Å². The molecule has 0 aromatic heterocycles. The molecule has 0 amide bonds. The largest absolute Gasteiger partial charge is 0.365 e. The van der Waals surface area contributed by atoms with Crippen LogP contribution in [0.2, 0.25) is 0 Å². The molecule has 1 aromatic carbocycles. The van der Waals surface area contributed by atoms with Crippen molar-refractivity contribution in [1.29, 1.82) is 0 Å². The van der Waals surface area contributed by atoms with E-state index >= 15 is 0 Å². The molecular formula is C17H29NO8P2S. The third kappa shape index (κ3) is 4.27. The fraction of sp³-hybridized carbons (Fsp3) is 0.647. The summed E-state index contributed by atoms with van der Waals surface area (Å²) >= 11 is 0. The molecule has 1 aliphatic rings. The Kier molecular flexibility index (Phi) is 7.91. The summed E-state index contributed by atoms with van der Waals surface area (Å²) in [6, 6.07) is 6.17. The quantitative estimate of drug-likeness (QED) is 0.331. The van der Waals surface area contributed by atoms with Crippen LogP contribution < -0.4 is 0 Å². The van der Waals surface area contributed by atoms with E-state index in [2.05, 4.69) is 0 Å². The highest BCUT2D eigenvalue weighted by Crippen LogP contribution is 2.85. The summed E-state index contributed by atoms with van der Waals surface area (Å²) in [6.07, 6.45) is 0. The van der Waals surface area contributed by atoms with Crippen LogP contribution in [0, 0.1) is 6.92 Å². The van der Waals surface area contributed by atoms with Crippen molar-refractivity contribution in [2.75, 3.05) is 33.0 Å². The summed E-state index contributed by atoms with van der Waals surface area (Å²) in [7, 11) is -12.6. The third-order valence-corrected chi connectivity index (χ3v) is 12.9. The van der Waals surface area contributed by atoms with Crippen LogP contribution in [0.15, 0.2) is 29.2 Å². The van der Waals surface area contributed by atoms with Gasteiger partial charge in [0, 0.05) is 0 Å². The average Bonchev–Trinajstić information content (AvgIpc) is 3.42. The Bertz CT molecular complexity index is 853. The first-order valence-electron chi connectivity index (χ1n) is 9.46.